The van der Waals surface area contributed by atoms with E-state index in [2.05, 4.69) is 0 Å². The van der Waals surface area contributed by atoms with Crippen LogP contribution in [0.1, 0.15) is 41.5 Å². The molecule has 0 atom stereocenters. The summed E-state index contributed by atoms with van der Waals surface area (Å²) < 4.78 is 0. The van der Waals surface area contributed by atoms with Gasteiger partial charge >= 0.3 is 46.6 Å². The molecule has 0 aliphatic carbocycles. The smallest absolute Gasteiger partial charge is 0.850 e. The molecule has 2 amide bonds. The van der Waals surface area contributed by atoms with Crippen molar-refractivity contribution in [1.82, 2.24) is 9.80 Å². The van der Waals surface area contributed by atoms with E-state index in [0.717, 1.165) is 12.8 Å². The van der Waals surface area contributed by atoms with Crippen molar-refractivity contribution in [1.29, 1.82) is 0 Å². The minimum absolute atomic E-state index is 0. The topological polar surface area (TPSA) is 86.7 Å². The van der Waals surface area contributed by atoms with Crippen molar-refractivity contribution in [3.8, 4) is 0 Å². The van der Waals surface area contributed by atoms with Crippen LogP contribution in [0, 0.1) is 0 Å². The van der Waals surface area contributed by atoms with Crippen LogP contribution in [0.25, 0.3) is 0 Å². The van der Waals surface area contributed by atoms with Crippen molar-refractivity contribution in [2.45, 2.75) is 52.7 Å². The molecule has 0 rings (SSSR count). The first kappa shape index (κ1) is 38.1. The van der Waals surface area contributed by atoms with Gasteiger partial charge in [0.2, 0.25) is 12.8 Å². The Morgan fingerprint density at radius 2 is 0.727 bits per heavy atom. The molecule has 0 aliphatic rings. The molecule has 0 fully saturated rings. The van der Waals surface area contributed by atoms with E-state index in [1.165, 1.54) is 9.80 Å². The van der Waals surface area contributed by atoms with E-state index < -0.39 is 11.2 Å². The van der Waals surface area contributed by atoms with Gasteiger partial charge in [-0.3, -0.25) is 9.59 Å². The molecule has 6 nitrogen and oxygen atoms in total. The van der Waals surface area contributed by atoms with E-state index in [1.54, 1.807) is 69.7 Å². The first-order valence-corrected chi connectivity index (χ1v) is 6.18. The molecule has 0 spiro atoms. The van der Waals surface area contributed by atoms with E-state index in [0.29, 0.717) is 0 Å². The summed E-state index contributed by atoms with van der Waals surface area (Å²) in [4.78, 5) is 21.8. The third-order valence-electron chi connectivity index (χ3n) is 0.422. The molecule has 0 aliphatic heterocycles. The number of amides is 2. The molecule has 0 aromatic heterocycles. The van der Waals surface area contributed by atoms with Gasteiger partial charge in [-0.25, -0.2) is 0 Å². The van der Waals surface area contributed by atoms with Gasteiger partial charge in [0.05, 0.1) is 0 Å². The number of nitrogens with zero attached hydrogens (tertiary/aromatic N) is 2. The van der Waals surface area contributed by atoms with Crippen LogP contribution in [0.4, 0.5) is 0 Å². The largest absolute Gasteiger partial charge is 1.00 e. The molecule has 0 aromatic rings. The Labute approximate surface area is 169 Å². The van der Waals surface area contributed by atoms with Gasteiger partial charge in [-0.05, 0) is 0 Å². The number of rotatable bonds is 2. The van der Waals surface area contributed by atoms with Crippen LogP contribution in [0.15, 0.2) is 0 Å². The number of hydrogen-bond donors (Lipinski definition) is 0. The van der Waals surface area contributed by atoms with Gasteiger partial charge in [0.15, 0.2) is 0 Å². The Morgan fingerprint density at radius 1 is 0.682 bits per heavy atom. The summed E-state index contributed by atoms with van der Waals surface area (Å²) in [5.41, 5.74) is -1.50. The van der Waals surface area contributed by atoms with E-state index in [9.17, 15) is 19.8 Å². The maximum absolute atomic E-state index is 10.1. The third kappa shape index (κ3) is 399. The summed E-state index contributed by atoms with van der Waals surface area (Å²) in [5, 5.41) is 20.2. The van der Waals surface area contributed by atoms with Gasteiger partial charge < -0.3 is 20.0 Å². The first-order chi connectivity index (χ1) is 8.54. The average Bonchev–Trinajstić information content (AvgIpc) is 2.13. The van der Waals surface area contributed by atoms with E-state index >= 15 is 0 Å². The molecule has 0 N–H and O–H groups in total. The quantitative estimate of drug-likeness (QED) is 0.372. The molecule has 0 bridgehead atoms. The Bertz CT molecular complexity index is 192. The van der Waals surface area contributed by atoms with Crippen LogP contribution in [0.2, 0.25) is 0 Å². The van der Waals surface area contributed by atoms with Crippen LogP contribution in [0.5, 0.6) is 0 Å². The second-order valence-electron chi connectivity index (χ2n) is 6.36. The summed E-state index contributed by atoms with van der Waals surface area (Å²) in [7, 11) is 6.75. The molecular formula is C14H32CuN2NaO4. The molecule has 0 saturated heterocycles. The molecule has 8 heteroatoms. The predicted molar refractivity (Wildman–Crippen MR) is 79.0 cm³/mol. The van der Waals surface area contributed by atoms with Gasteiger partial charge in [0.1, 0.15) is 0 Å². The van der Waals surface area contributed by atoms with E-state index in [-0.39, 0.29) is 46.6 Å². The second-order valence-corrected chi connectivity index (χ2v) is 6.36. The van der Waals surface area contributed by atoms with Crippen molar-refractivity contribution < 1.29 is 66.4 Å². The fourth-order valence-corrected chi connectivity index (χ4v) is 0. The maximum atomic E-state index is 10.1. The minimum Gasteiger partial charge on any atom is -0.850 e. The maximum Gasteiger partial charge on any atom is 1.00 e. The number of carbonyl (C=O) groups excluding carboxylic acids is 2. The number of hydrogen-bond acceptors (Lipinski definition) is 4. The average molecular weight is 379 g/mol. The molecular weight excluding hydrogens is 347 g/mol. The fourth-order valence-electron chi connectivity index (χ4n) is 0. The van der Waals surface area contributed by atoms with Crippen molar-refractivity contribution in [3.05, 3.63) is 0 Å². The number of carbonyl (C=O) groups is 2. The molecule has 22 heavy (non-hydrogen) atoms. The Kier molecular flexibility index (Phi) is 37.1. The molecule has 134 valence electrons. The predicted octanol–water partition coefficient (Wildman–Crippen LogP) is -3.30. The molecule has 0 aromatic carbocycles. The monoisotopic (exact) mass is 378 g/mol. The molecule has 0 saturated carbocycles. The van der Waals surface area contributed by atoms with Crippen LogP contribution < -0.4 is 39.8 Å². The van der Waals surface area contributed by atoms with E-state index in [1.807, 2.05) is 0 Å². The van der Waals surface area contributed by atoms with Crippen molar-refractivity contribution in [3.63, 3.8) is 0 Å². The zero-order valence-electron chi connectivity index (χ0n) is 16.0. The third-order valence-corrected chi connectivity index (χ3v) is 0.422. The fraction of sp³-hybridized carbons (Fsp3) is 0.857. The Morgan fingerprint density at radius 3 is 0.727 bits per heavy atom. The Balaban J connectivity index is -0.0000000376. The summed E-state index contributed by atoms with van der Waals surface area (Å²) in [6, 6.07) is 0. The zero-order valence-corrected chi connectivity index (χ0v) is 18.9. The van der Waals surface area contributed by atoms with Crippen molar-refractivity contribution in [2.75, 3.05) is 28.2 Å². The summed E-state index contributed by atoms with van der Waals surface area (Å²) in [5.74, 6) is 0. The van der Waals surface area contributed by atoms with Crippen molar-refractivity contribution in [2.24, 2.45) is 0 Å². The van der Waals surface area contributed by atoms with Gasteiger partial charge in [-0.15, -0.1) is 11.2 Å². The van der Waals surface area contributed by atoms with Crippen LogP contribution in [0.3, 0.4) is 0 Å². The van der Waals surface area contributed by atoms with Gasteiger partial charge in [0, 0.05) is 28.2 Å². The van der Waals surface area contributed by atoms with Gasteiger partial charge in [-0.2, -0.15) is 0 Å². The SMILES string of the molecule is CC(C)(C)[O-].CC(C)(C)[O-].CN(C)C=O.CN(C)C=O.[Cu+].[Na+]. The summed E-state index contributed by atoms with van der Waals surface area (Å²) in [6.07, 6.45) is 1.50. The molecule has 0 heterocycles. The first-order valence-electron chi connectivity index (χ1n) is 6.18. The summed E-state index contributed by atoms with van der Waals surface area (Å²) >= 11 is 0. The normalized spacial score (nSPS) is 8.55. The van der Waals surface area contributed by atoms with Crippen LogP contribution >= 0.6 is 0 Å². The second kappa shape index (κ2) is 21.4. The van der Waals surface area contributed by atoms with Crippen molar-refractivity contribution >= 4 is 12.8 Å². The van der Waals surface area contributed by atoms with Crippen LogP contribution in [-0.2, 0) is 26.7 Å². The summed E-state index contributed by atoms with van der Waals surface area (Å²) in [6.45, 7) is 9.79. The minimum atomic E-state index is -0.750. The van der Waals surface area contributed by atoms with E-state index in [4.69, 9.17) is 0 Å². The molecule has 0 radical (unpaired) electrons. The van der Waals surface area contributed by atoms with Crippen LogP contribution in [-0.4, -0.2) is 62.0 Å². The standard InChI is InChI=1S/2C4H9O.2C3H7NO.Cu.Na/c2*1-4(2,3)5;2*1-4(2)3-5;;/h2*1-3H3;2*3H,1-2H3;;/q2*-1;;;2*+1. The van der Waals surface area contributed by atoms with Gasteiger partial charge in [0.25, 0.3) is 0 Å². The molecule has 0 unspecified atom stereocenters. The van der Waals surface area contributed by atoms with Gasteiger partial charge in [-0.1, -0.05) is 41.5 Å². The Hall–Kier alpha value is 0.379. The zero-order chi connectivity index (χ0) is 17.6.